The molecular weight excluding hydrogens is 387 g/mol. The zero-order valence-corrected chi connectivity index (χ0v) is 16.6. The lowest BCUT2D eigenvalue weighted by atomic mass is 10.2. The summed E-state index contributed by atoms with van der Waals surface area (Å²) in [6.07, 6.45) is 1.59. The lowest BCUT2D eigenvalue weighted by Crippen LogP contribution is -2.46. The number of aromatic nitrogens is 1. The molecule has 1 aliphatic heterocycles. The van der Waals surface area contributed by atoms with Gasteiger partial charge in [-0.25, -0.2) is 0 Å². The molecule has 1 saturated heterocycles. The quantitative estimate of drug-likeness (QED) is 0.758. The zero-order chi connectivity index (χ0) is 18.4. The number of rotatable bonds is 6. The topological polar surface area (TPSA) is 66.4 Å². The van der Waals surface area contributed by atoms with Crippen LogP contribution < -0.4 is 16.2 Å². The number of hydrogen-bond donors (Lipinski definition) is 2. The summed E-state index contributed by atoms with van der Waals surface area (Å²) in [5.41, 5.74) is 1.15. The monoisotopic (exact) mass is 410 g/mol. The van der Waals surface area contributed by atoms with Gasteiger partial charge in [-0.05, 0) is 17.7 Å². The van der Waals surface area contributed by atoms with Gasteiger partial charge in [-0.2, -0.15) is 0 Å². The Kier molecular flexibility index (Phi) is 8.31. The van der Waals surface area contributed by atoms with Gasteiger partial charge >= 0.3 is 0 Å². The highest BCUT2D eigenvalue weighted by Crippen LogP contribution is 2.15. The molecule has 1 aliphatic rings. The Morgan fingerprint density at radius 3 is 2.63 bits per heavy atom. The number of nitrogens with one attached hydrogen (secondary N) is 2. The van der Waals surface area contributed by atoms with Crippen LogP contribution in [0.15, 0.2) is 47.4 Å². The van der Waals surface area contributed by atoms with E-state index < -0.39 is 0 Å². The molecule has 1 aromatic carbocycles. The normalized spacial score (nSPS) is 14.4. The Hall–Kier alpha value is -1.86. The van der Waals surface area contributed by atoms with Crippen LogP contribution in [0.1, 0.15) is 15.9 Å². The number of halogens is 2. The maximum absolute atomic E-state index is 12.4. The summed E-state index contributed by atoms with van der Waals surface area (Å²) in [5.74, 6) is -0.173. The molecule has 0 aliphatic carbocycles. The van der Waals surface area contributed by atoms with Crippen molar-refractivity contribution in [2.75, 3.05) is 39.3 Å². The van der Waals surface area contributed by atoms with Crippen LogP contribution in [0.2, 0.25) is 5.02 Å². The second-order valence-corrected chi connectivity index (χ2v) is 6.73. The van der Waals surface area contributed by atoms with E-state index in [1.807, 2.05) is 18.2 Å². The van der Waals surface area contributed by atoms with Crippen molar-refractivity contribution >= 4 is 29.9 Å². The summed E-state index contributed by atoms with van der Waals surface area (Å²) >= 11 is 6.17. The van der Waals surface area contributed by atoms with E-state index in [2.05, 4.69) is 15.5 Å². The van der Waals surface area contributed by atoms with Crippen LogP contribution in [0.4, 0.5) is 0 Å². The lowest BCUT2D eigenvalue weighted by Gasteiger charge is -2.27. The van der Waals surface area contributed by atoms with Crippen LogP contribution >= 0.6 is 24.0 Å². The number of nitrogens with zero attached hydrogens (tertiary/aromatic N) is 2. The first-order chi connectivity index (χ1) is 12.6. The van der Waals surface area contributed by atoms with Crippen LogP contribution in [0.5, 0.6) is 0 Å². The van der Waals surface area contributed by atoms with Crippen molar-refractivity contribution in [3.05, 3.63) is 69.1 Å². The highest BCUT2D eigenvalue weighted by Gasteiger charge is 2.11. The molecule has 0 bridgehead atoms. The summed E-state index contributed by atoms with van der Waals surface area (Å²) in [7, 11) is 0. The van der Waals surface area contributed by atoms with Crippen molar-refractivity contribution in [2.24, 2.45) is 0 Å². The molecular formula is C19H24Cl2N4O2. The van der Waals surface area contributed by atoms with Gasteiger partial charge in [0.05, 0.1) is 12.1 Å². The van der Waals surface area contributed by atoms with Crippen LogP contribution in [-0.2, 0) is 6.54 Å². The van der Waals surface area contributed by atoms with Gasteiger partial charge in [0.1, 0.15) is 0 Å². The smallest absolute Gasteiger partial charge is 0.252 e. The maximum atomic E-state index is 12.4. The number of carbonyl (C=O) groups is 1. The van der Waals surface area contributed by atoms with Crippen molar-refractivity contribution in [3.8, 4) is 0 Å². The number of benzene rings is 1. The van der Waals surface area contributed by atoms with Crippen molar-refractivity contribution in [3.63, 3.8) is 0 Å². The Bertz CT molecular complexity index is 819. The van der Waals surface area contributed by atoms with E-state index in [1.54, 1.807) is 18.3 Å². The lowest BCUT2D eigenvalue weighted by molar-refractivity contribution is 0.0946. The molecule has 146 valence electrons. The van der Waals surface area contributed by atoms with Crippen LogP contribution in [-0.4, -0.2) is 54.6 Å². The van der Waals surface area contributed by atoms with E-state index in [-0.39, 0.29) is 23.9 Å². The van der Waals surface area contributed by atoms with Crippen molar-refractivity contribution in [1.82, 2.24) is 20.1 Å². The number of piperazine rings is 1. The van der Waals surface area contributed by atoms with Crippen LogP contribution in [0, 0.1) is 0 Å². The standard InChI is InChI=1S/C19H23ClN4O2.ClH/c20-17-4-2-1-3-15(17)13-24-14-16(5-6-18(24)25)19(26)22-9-12-23-10-7-21-8-11-23;/h1-6,14,21H,7-13H2,(H,22,26);1H. The molecule has 6 nitrogen and oxygen atoms in total. The molecule has 0 spiro atoms. The fraction of sp³-hybridized carbons (Fsp3) is 0.368. The molecule has 0 atom stereocenters. The molecule has 2 heterocycles. The molecule has 2 N–H and O–H groups in total. The molecule has 0 saturated carbocycles. The van der Waals surface area contributed by atoms with Crippen LogP contribution in [0.25, 0.3) is 0 Å². The third kappa shape index (κ3) is 6.07. The fourth-order valence-electron chi connectivity index (χ4n) is 2.96. The largest absolute Gasteiger partial charge is 0.351 e. The molecule has 3 rings (SSSR count). The van der Waals surface area contributed by atoms with Crippen molar-refractivity contribution in [1.29, 1.82) is 0 Å². The van der Waals surface area contributed by atoms with E-state index in [0.29, 0.717) is 23.7 Å². The van der Waals surface area contributed by atoms with Gasteiger partial charge in [-0.15, -0.1) is 12.4 Å². The van der Waals surface area contributed by atoms with Gasteiger partial charge in [0.25, 0.3) is 11.5 Å². The molecule has 27 heavy (non-hydrogen) atoms. The first kappa shape index (κ1) is 21.4. The molecule has 2 aromatic rings. The molecule has 1 aromatic heterocycles. The molecule has 0 radical (unpaired) electrons. The Morgan fingerprint density at radius 2 is 1.89 bits per heavy atom. The van der Waals surface area contributed by atoms with Gasteiger partial charge in [0, 0.05) is 56.6 Å². The zero-order valence-electron chi connectivity index (χ0n) is 15.0. The highest BCUT2D eigenvalue weighted by atomic mass is 35.5. The Labute approximate surface area is 169 Å². The minimum atomic E-state index is -0.173. The summed E-state index contributed by atoms with van der Waals surface area (Å²) in [4.78, 5) is 26.8. The second-order valence-electron chi connectivity index (χ2n) is 6.32. The van der Waals surface area contributed by atoms with Crippen molar-refractivity contribution < 1.29 is 4.79 Å². The summed E-state index contributed by atoms with van der Waals surface area (Å²) < 4.78 is 1.51. The van der Waals surface area contributed by atoms with Crippen molar-refractivity contribution in [2.45, 2.75) is 6.54 Å². The van der Waals surface area contributed by atoms with E-state index in [0.717, 1.165) is 38.3 Å². The molecule has 0 unspecified atom stereocenters. The first-order valence-corrected chi connectivity index (χ1v) is 9.16. The van der Waals surface area contributed by atoms with E-state index in [4.69, 9.17) is 11.6 Å². The Morgan fingerprint density at radius 1 is 1.15 bits per heavy atom. The Balaban J connectivity index is 0.00000261. The van der Waals surface area contributed by atoms with E-state index in [1.165, 1.54) is 10.6 Å². The molecule has 1 fully saturated rings. The number of amides is 1. The first-order valence-electron chi connectivity index (χ1n) is 8.78. The minimum Gasteiger partial charge on any atom is -0.351 e. The SMILES string of the molecule is Cl.O=C(NCCN1CCNCC1)c1ccc(=O)n(Cc2ccccc2Cl)c1. The maximum Gasteiger partial charge on any atom is 0.252 e. The number of carbonyl (C=O) groups excluding carboxylic acids is 1. The van der Waals surface area contributed by atoms with E-state index >= 15 is 0 Å². The third-order valence-electron chi connectivity index (χ3n) is 4.47. The highest BCUT2D eigenvalue weighted by molar-refractivity contribution is 6.31. The molecule has 1 amide bonds. The summed E-state index contributed by atoms with van der Waals surface area (Å²) in [5, 5.41) is 6.83. The average molecular weight is 411 g/mol. The average Bonchev–Trinajstić information content (AvgIpc) is 2.66. The number of pyridine rings is 1. The third-order valence-corrected chi connectivity index (χ3v) is 4.84. The van der Waals surface area contributed by atoms with Gasteiger partial charge in [-0.3, -0.25) is 14.5 Å². The fourth-order valence-corrected chi connectivity index (χ4v) is 3.16. The van der Waals surface area contributed by atoms with Gasteiger partial charge in [0.2, 0.25) is 0 Å². The predicted molar refractivity (Wildman–Crippen MR) is 110 cm³/mol. The second kappa shape index (κ2) is 10.5. The molecule has 8 heteroatoms. The van der Waals surface area contributed by atoms with Gasteiger partial charge < -0.3 is 15.2 Å². The summed E-state index contributed by atoms with van der Waals surface area (Å²) in [6, 6.07) is 10.4. The van der Waals surface area contributed by atoms with E-state index in [9.17, 15) is 9.59 Å². The number of hydrogen-bond acceptors (Lipinski definition) is 4. The minimum absolute atomic E-state index is 0. The van der Waals surface area contributed by atoms with Crippen LogP contribution in [0.3, 0.4) is 0 Å². The van der Waals surface area contributed by atoms with Gasteiger partial charge in [-0.1, -0.05) is 29.8 Å². The van der Waals surface area contributed by atoms with Gasteiger partial charge in [0.15, 0.2) is 0 Å². The summed E-state index contributed by atoms with van der Waals surface area (Å²) in [6.45, 7) is 5.72. The predicted octanol–water partition coefficient (Wildman–Crippen LogP) is 1.61.